The first-order chi connectivity index (χ1) is 17.3. The number of carbonyl (C=O) groups is 2. The summed E-state index contributed by atoms with van der Waals surface area (Å²) < 4.78 is 30.4. The van der Waals surface area contributed by atoms with Gasteiger partial charge in [0.25, 0.3) is 15.9 Å². The largest absolute Gasteiger partial charge is 0.300 e. The van der Waals surface area contributed by atoms with Gasteiger partial charge < -0.3 is 4.79 Å². The van der Waals surface area contributed by atoms with Crippen molar-refractivity contribution in [3.05, 3.63) is 83.9 Å². The number of hydrogen-bond donors (Lipinski definition) is 0. The molecule has 0 saturated heterocycles. The molecule has 0 N–H and O–H groups in total. The summed E-state index contributed by atoms with van der Waals surface area (Å²) in [6.07, 6.45) is 6.05. The summed E-state index contributed by atoms with van der Waals surface area (Å²) in [4.78, 5) is 25.8. The Bertz CT molecular complexity index is 1560. The molecule has 0 spiro atoms. The second-order valence-electron chi connectivity index (χ2n) is 8.70. The van der Waals surface area contributed by atoms with E-state index in [9.17, 15) is 18.0 Å². The zero-order valence-corrected chi connectivity index (χ0v) is 21.1. The average molecular weight is 500 g/mol. The van der Waals surface area contributed by atoms with Crippen LogP contribution >= 0.6 is 0 Å². The van der Waals surface area contributed by atoms with Crippen LogP contribution in [0.15, 0.2) is 77.7 Å². The van der Waals surface area contributed by atoms with Gasteiger partial charge >= 0.3 is 0 Å². The molecule has 36 heavy (non-hydrogen) atoms. The fourth-order valence-corrected chi connectivity index (χ4v) is 5.79. The summed E-state index contributed by atoms with van der Waals surface area (Å²) >= 11 is 0. The molecule has 0 fully saturated rings. The predicted molar refractivity (Wildman–Crippen MR) is 140 cm³/mol. The van der Waals surface area contributed by atoms with Crippen LogP contribution in [0, 0.1) is 19.3 Å². The van der Waals surface area contributed by atoms with Crippen molar-refractivity contribution < 1.29 is 22.6 Å². The van der Waals surface area contributed by atoms with E-state index in [1.165, 1.54) is 19.1 Å². The lowest BCUT2D eigenvalue weighted by atomic mass is 10.0. The number of sulfonamides is 1. The van der Waals surface area contributed by atoms with E-state index in [4.69, 9.17) is 6.42 Å². The number of rotatable bonds is 8. The van der Waals surface area contributed by atoms with Crippen LogP contribution in [0.5, 0.6) is 0 Å². The van der Waals surface area contributed by atoms with E-state index >= 15 is 0 Å². The highest BCUT2D eigenvalue weighted by Crippen LogP contribution is 2.29. The number of benzene rings is 3. The zero-order chi connectivity index (χ0) is 25.9. The fraction of sp³-hybridized carbons (Fsp3) is 0.207. The lowest BCUT2D eigenvalue weighted by Crippen LogP contribution is -2.40. The van der Waals surface area contributed by atoms with E-state index in [0.29, 0.717) is 17.3 Å². The smallest absolute Gasteiger partial charge is 0.269 e. The molecule has 3 aromatic carbocycles. The Morgan fingerprint density at radius 1 is 0.917 bits per heavy atom. The number of hydrogen-bond acceptors (Lipinski definition) is 4. The zero-order valence-electron chi connectivity index (χ0n) is 20.3. The average Bonchev–Trinajstić information content (AvgIpc) is 2.86. The highest BCUT2D eigenvalue weighted by atomic mass is 32.2. The second kappa shape index (κ2) is 10.3. The van der Waals surface area contributed by atoms with Gasteiger partial charge in [0, 0.05) is 25.1 Å². The topological polar surface area (TPSA) is 75.4 Å². The van der Waals surface area contributed by atoms with Gasteiger partial charge in [-0.2, -0.15) is 4.57 Å². The van der Waals surface area contributed by atoms with Crippen molar-refractivity contribution in [1.82, 2.24) is 4.31 Å². The van der Waals surface area contributed by atoms with Gasteiger partial charge in [-0.05, 0) is 50.5 Å². The minimum absolute atomic E-state index is 0.0243. The SMILES string of the molecule is C#CC[n+]1c2ccccc2c(C(=O)N(CCCC(C)=O)S(=O)(=O)c2ccc(C)cc2)c2ccccc21. The fourth-order valence-electron chi connectivity index (χ4n) is 4.37. The third-order valence-electron chi connectivity index (χ3n) is 6.12. The minimum Gasteiger partial charge on any atom is -0.300 e. The lowest BCUT2D eigenvalue weighted by Gasteiger charge is -2.24. The van der Waals surface area contributed by atoms with Gasteiger partial charge in [-0.15, -0.1) is 6.42 Å². The minimum atomic E-state index is -4.19. The molecular formula is C29H27N2O4S+. The van der Waals surface area contributed by atoms with Crippen LogP contribution in [0.3, 0.4) is 0 Å². The molecule has 4 aromatic rings. The molecule has 1 heterocycles. The third kappa shape index (κ3) is 4.73. The molecule has 0 aliphatic carbocycles. The van der Waals surface area contributed by atoms with Crippen LogP contribution in [0.2, 0.25) is 0 Å². The number of aryl methyl sites for hydroxylation is 1. The van der Waals surface area contributed by atoms with E-state index in [0.717, 1.165) is 20.9 Å². The molecule has 4 rings (SSSR count). The molecular weight excluding hydrogens is 472 g/mol. The molecule has 0 aliphatic heterocycles. The maximum Gasteiger partial charge on any atom is 0.269 e. The molecule has 0 bridgehead atoms. The number of pyridine rings is 1. The highest BCUT2D eigenvalue weighted by molar-refractivity contribution is 7.89. The molecule has 1 aromatic heterocycles. The molecule has 7 heteroatoms. The standard InChI is InChI=1S/C29H27N2O4S/c1-4-19-30-26-13-7-5-11-24(26)28(25-12-6-8-14-27(25)30)29(33)31(20-9-10-22(3)32)36(34,35)23-17-15-21(2)16-18-23/h1,5-8,11-18H,9-10,19-20H2,2-3H3/q+1. The summed E-state index contributed by atoms with van der Waals surface area (Å²) in [5, 5.41) is 1.21. The van der Waals surface area contributed by atoms with Gasteiger partial charge in [-0.25, -0.2) is 12.7 Å². The van der Waals surface area contributed by atoms with Crippen molar-refractivity contribution in [2.24, 2.45) is 0 Å². The van der Waals surface area contributed by atoms with Crippen molar-refractivity contribution in [1.29, 1.82) is 0 Å². The number of fused-ring (bicyclic) bond motifs is 2. The summed E-state index contributed by atoms with van der Waals surface area (Å²) in [6.45, 7) is 3.49. The number of nitrogens with zero attached hydrogens (tertiary/aromatic N) is 2. The molecule has 0 unspecified atom stereocenters. The molecule has 0 atom stereocenters. The van der Waals surface area contributed by atoms with Crippen LogP contribution in [0.25, 0.3) is 21.8 Å². The van der Waals surface area contributed by atoms with Crippen molar-refractivity contribution in [2.45, 2.75) is 38.1 Å². The first-order valence-electron chi connectivity index (χ1n) is 11.7. The molecule has 0 aliphatic rings. The number of terminal acetylenes is 1. The summed E-state index contributed by atoms with van der Waals surface area (Å²) in [6, 6.07) is 21.0. The van der Waals surface area contributed by atoms with Crippen molar-refractivity contribution in [3.8, 4) is 12.3 Å². The van der Waals surface area contributed by atoms with Crippen LogP contribution in [0.4, 0.5) is 0 Å². The van der Waals surface area contributed by atoms with Gasteiger partial charge in [0.15, 0.2) is 0 Å². The van der Waals surface area contributed by atoms with E-state index in [-0.39, 0.29) is 35.6 Å². The van der Waals surface area contributed by atoms with Crippen molar-refractivity contribution >= 4 is 43.5 Å². The maximum absolute atomic E-state index is 14.2. The summed E-state index contributed by atoms with van der Waals surface area (Å²) in [7, 11) is -4.19. The van der Waals surface area contributed by atoms with Crippen LogP contribution < -0.4 is 4.57 Å². The first-order valence-corrected chi connectivity index (χ1v) is 13.1. The molecule has 1 amide bonds. The number of carbonyl (C=O) groups excluding carboxylic acids is 2. The highest BCUT2D eigenvalue weighted by Gasteiger charge is 2.34. The Kier molecular flexibility index (Phi) is 7.18. The summed E-state index contributed by atoms with van der Waals surface area (Å²) in [5.41, 5.74) is 2.65. The van der Waals surface area contributed by atoms with Gasteiger partial charge in [0.1, 0.15) is 5.78 Å². The maximum atomic E-state index is 14.2. The predicted octanol–water partition coefficient (Wildman–Crippen LogP) is 4.42. The monoisotopic (exact) mass is 499 g/mol. The van der Waals surface area contributed by atoms with E-state index in [2.05, 4.69) is 5.92 Å². The number of ketones is 1. The van der Waals surface area contributed by atoms with Gasteiger partial charge in [-0.3, -0.25) is 4.79 Å². The summed E-state index contributed by atoms with van der Waals surface area (Å²) in [5.74, 6) is 1.96. The number of para-hydroxylation sites is 2. The Morgan fingerprint density at radius 2 is 1.47 bits per heavy atom. The van der Waals surface area contributed by atoms with E-state index in [1.807, 2.05) is 47.9 Å². The van der Waals surface area contributed by atoms with Gasteiger partial charge in [0.2, 0.25) is 17.6 Å². The quantitative estimate of drug-likeness (QED) is 0.204. The Morgan fingerprint density at radius 3 is 2.00 bits per heavy atom. The lowest BCUT2D eigenvalue weighted by molar-refractivity contribution is -0.632. The first kappa shape index (κ1) is 25.1. The number of amides is 1. The Balaban J connectivity index is 1.96. The number of aromatic nitrogens is 1. The van der Waals surface area contributed by atoms with Gasteiger partial charge in [0.05, 0.1) is 21.2 Å². The van der Waals surface area contributed by atoms with Gasteiger partial charge in [-0.1, -0.05) is 42.0 Å². The van der Waals surface area contributed by atoms with E-state index in [1.54, 1.807) is 24.3 Å². The third-order valence-corrected chi connectivity index (χ3v) is 7.91. The van der Waals surface area contributed by atoms with E-state index < -0.39 is 15.9 Å². The second-order valence-corrected chi connectivity index (χ2v) is 10.6. The Hall–Kier alpha value is -4.02. The molecule has 0 saturated carbocycles. The van der Waals surface area contributed by atoms with Crippen LogP contribution in [-0.4, -0.2) is 31.0 Å². The van der Waals surface area contributed by atoms with Crippen LogP contribution in [-0.2, 0) is 21.4 Å². The normalized spacial score (nSPS) is 11.4. The number of Topliss-reactive ketones (excluding diaryl/α,β-unsaturated/α-hetero) is 1. The molecule has 182 valence electrons. The Labute approximate surface area is 211 Å². The van der Waals surface area contributed by atoms with Crippen LogP contribution in [0.1, 0.15) is 35.7 Å². The van der Waals surface area contributed by atoms with Crippen molar-refractivity contribution in [2.75, 3.05) is 6.54 Å². The van der Waals surface area contributed by atoms with Crippen molar-refractivity contribution in [3.63, 3.8) is 0 Å². The molecule has 0 radical (unpaired) electrons. The molecule has 6 nitrogen and oxygen atoms in total.